The first-order valence-corrected chi connectivity index (χ1v) is 28.4. The van der Waals surface area contributed by atoms with Gasteiger partial charge in [0.2, 0.25) is 11.8 Å². The number of nitrogens with zero attached hydrogens (tertiary/aromatic N) is 8. The van der Waals surface area contributed by atoms with E-state index in [0.717, 1.165) is 124 Å². The summed E-state index contributed by atoms with van der Waals surface area (Å²) in [5, 5.41) is 35.9. The van der Waals surface area contributed by atoms with Crippen molar-refractivity contribution in [3.8, 4) is 39.3 Å². The average Bonchev–Trinajstić information content (AvgIpc) is 4.47. The molecule has 400 valence electrons. The third kappa shape index (κ3) is 8.84. The number of amides is 2. The summed E-state index contributed by atoms with van der Waals surface area (Å²) in [6.45, 7) is 13.5. The molecule has 0 spiro atoms. The summed E-state index contributed by atoms with van der Waals surface area (Å²) < 4.78 is 19.2. The normalized spacial score (nSPS) is 25.4. The molecule has 4 N–H and O–H groups in total. The average molecular weight is 1060 g/mol. The van der Waals surface area contributed by atoms with Crippen LogP contribution in [0.25, 0.3) is 43.4 Å². The Morgan fingerprint density at radius 2 is 1.81 bits per heavy atom. The van der Waals surface area contributed by atoms with E-state index in [2.05, 4.69) is 49.6 Å². The van der Waals surface area contributed by atoms with Crippen LogP contribution >= 0.6 is 11.3 Å². The Morgan fingerprint density at radius 1 is 0.987 bits per heavy atom. The van der Waals surface area contributed by atoms with Crippen LogP contribution in [-0.4, -0.2) is 132 Å². The number of anilines is 1. The zero-order chi connectivity index (χ0) is 52.9. The molecular weight excluding hydrogens is 993 g/mol. The van der Waals surface area contributed by atoms with Gasteiger partial charge >= 0.3 is 6.01 Å². The Kier molecular flexibility index (Phi) is 12.7. The summed E-state index contributed by atoms with van der Waals surface area (Å²) in [6, 6.07) is 19.8. The topological polar surface area (TPSA) is 204 Å². The molecule has 13 rings (SSSR count). The lowest BCUT2D eigenvalue weighted by atomic mass is 9.79. The lowest BCUT2D eigenvalue weighted by Crippen LogP contribution is -2.51. The Labute approximate surface area is 451 Å². The summed E-state index contributed by atoms with van der Waals surface area (Å²) in [7, 11) is 0. The minimum absolute atomic E-state index is 0.0112. The number of aromatic hydroxyl groups is 1. The quantitative estimate of drug-likeness (QED) is 0.0807. The van der Waals surface area contributed by atoms with Gasteiger partial charge in [0, 0.05) is 73.5 Å². The largest absolute Gasteiger partial charge is 0.508 e. The number of carbonyl (C=O) groups is 2. The molecule has 7 aromatic rings. The molecule has 3 unspecified atom stereocenters. The second kappa shape index (κ2) is 19.6. The predicted octanol–water partition coefficient (Wildman–Crippen LogP) is 8.41. The van der Waals surface area contributed by atoms with Gasteiger partial charge in [-0.05, 0) is 110 Å². The van der Waals surface area contributed by atoms with Crippen molar-refractivity contribution in [2.75, 3.05) is 44.3 Å². The van der Waals surface area contributed by atoms with Crippen LogP contribution in [0, 0.1) is 12.8 Å². The minimum atomic E-state index is -0.848. The number of fused-ring (bicyclic) bond motifs is 7. The number of aliphatic hydroxyl groups excluding tert-OH is 1. The SMILES string of the molecule is Cc1ncsc1-c1ccc([C@H](C)NC(=O)[C@@H]2C[C@@H](O)CN2C(=O)[C@H](c2cc(OC[C@@H]3CC[C@@]4(COc5nc(N6CC7CCC(C6)N7)c6cnc7c(c6n5)C(C)c5cccc6cc(O)cc-7c56)CCCN34)no2)C(C)C)cc1. The molecule has 3 aromatic carbocycles. The number of carbonyl (C=O) groups excluding carboxylic acids is 2. The van der Waals surface area contributed by atoms with Crippen LogP contribution in [0.4, 0.5) is 5.82 Å². The molecule has 1 aliphatic carbocycles. The number of phenolic OH excluding ortho intramolecular Hbond substituents is 1. The molecule has 5 aliphatic heterocycles. The van der Waals surface area contributed by atoms with E-state index in [4.69, 9.17) is 28.9 Å². The number of pyridine rings is 1. The number of nitrogens with one attached hydrogen (secondary N) is 2. The van der Waals surface area contributed by atoms with Gasteiger partial charge in [-0.3, -0.25) is 19.5 Å². The van der Waals surface area contributed by atoms with Crippen LogP contribution < -0.4 is 25.0 Å². The van der Waals surface area contributed by atoms with Crippen molar-refractivity contribution >= 4 is 50.6 Å². The van der Waals surface area contributed by atoms with Gasteiger partial charge in [0.1, 0.15) is 36.7 Å². The van der Waals surface area contributed by atoms with Gasteiger partial charge in [-0.25, -0.2) is 4.98 Å². The number of piperazine rings is 1. The zero-order valence-electron chi connectivity index (χ0n) is 44.2. The highest BCUT2D eigenvalue weighted by atomic mass is 32.1. The highest BCUT2D eigenvalue weighted by Gasteiger charge is 2.51. The molecule has 5 fully saturated rings. The molecule has 9 atom stereocenters. The molecule has 17 nitrogen and oxygen atoms in total. The number of likely N-dealkylation sites (tertiary alicyclic amines) is 1. The van der Waals surface area contributed by atoms with Gasteiger partial charge in [-0.15, -0.1) is 11.3 Å². The first kappa shape index (κ1) is 49.8. The number of rotatable bonds is 14. The van der Waals surface area contributed by atoms with Crippen molar-refractivity contribution in [2.24, 2.45) is 5.92 Å². The number of hydrogen-bond acceptors (Lipinski definition) is 16. The summed E-state index contributed by atoms with van der Waals surface area (Å²) >= 11 is 1.59. The Hall–Kier alpha value is -6.73. The van der Waals surface area contributed by atoms with E-state index < -0.39 is 18.1 Å². The smallest absolute Gasteiger partial charge is 0.319 e. The number of aliphatic hydroxyl groups is 1. The molecular formula is C59H66N10O7S. The number of hydrogen-bond donors (Lipinski definition) is 4. The van der Waals surface area contributed by atoms with Crippen LogP contribution in [0.5, 0.6) is 17.6 Å². The van der Waals surface area contributed by atoms with E-state index in [9.17, 15) is 19.8 Å². The minimum Gasteiger partial charge on any atom is -0.508 e. The van der Waals surface area contributed by atoms with Gasteiger partial charge in [0.05, 0.1) is 50.4 Å². The van der Waals surface area contributed by atoms with Gasteiger partial charge in [0.25, 0.3) is 5.88 Å². The summed E-state index contributed by atoms with van der Waals surface area (Å²) in [4.78, 5) is 56.0. The number of aryl methyl sites for hydroxylation is 1. The molecule has 0 saturated carbocycles. The molecule has 4 aromatic heterocycles. The maximum Gasteiger partial charge on any atom is 0.319 e. The number of benzene rings is 3. The fourth-order valence-electron chi connectivity index (χ4n) is 13.9. The van der Waals surface area contributed by atoms with Crippen molar-refractivity contribution in [1.82, 2.24) is 45.5 Å². The number of phenols is 1. The van der Waals surface area contributed by atoms with Gasteiger partial charge in [-0.2, -0.15) is 9.97 Å². The van der Waals surface area contributed by atoms with Crippen LogP contribution in [0.1, 0.15) is 119 Å². The van der Waals surface area contributed by atoms with Crippen LogP contribution in [0.3, 0.4) is 0 Å². The lowest BCUT2D eigenvalue weighted by molar-refractivity contribution is -0.141. The van der Waals surface area contributed by atoms with Crippen molar-refractivity contribution in [3.63, 3.8) is 0 Å². The van der Waals surface area contributed by atoms with Gasteiger partial charge in [0.15, 0.2) is 5.76 Å². The van der Waals surface area contributed by atoms with E-state index in [1.54, 1.807) is 17.4 Å². The molecule has 2 bridgehead atoms. The molecule has 5 saturated heterocycles. The standard InChI is InChI=1S/C59H66N10O7S/c1-31(2)49(57(73)68-27-42(71)22-46(68)56(72)62-33(4)35-10-12-36(13-11-35)54-34(5)61-30-77-54)47-23-48(66-76-47)74-28-40-16-18-59(17-7-19-69(40)59)29-75-58-64-53-45(55(65-58)67-25-38-14-15-39(26-67)63-38)24-60-52-44-21-41(70)20-37-8-6-9-43(51(37)44)32(3)50(52)53/h6,8-13,20-21,23-24,30-33,38-40,42,46,49,63,70-71H,7,14-19,22,25-29H2,1-5H3,(H,62,72)/t32?,33-,38?,39?,40-,42+,46-,49-,59+/m0/s1. The van der Waals surface area contributed by atoms with E-state index in [1.807, 2.05) is 81.9 Å². The second-order valence-electron chi connectivity index (χ2n) is 22.9. The van der Waals surface area contributed by atoms with E-state index in [1.165, 1.54) is 10.5 Å². The van der Waals surface area contributed by atoms with Crippen molar-refractivity contribution in [3.05, 3.63) is 101 Å². The second-order valence-corrected chi connectivity index (χ2v) is 23.8. The van der Waals surface area contributed by atoms with Crippen LogP contribution in [0.15, 0.2) is 76.9 Å². The zero-order valence-corrected chi connectivity index (χ0v) is 45.1. The summed E-state index contributed by atoms with van der Waals surface area (Å²) in [5.41, 5.74) is 9.36. The van der Waals surface area contributed by atoms with Crippen molar-refractivity contribution < 1.29 is 33.8 Å². The Morgan fingerprint density at radius 3 is 2.58 bits per heavy atom. The highest BCUT2D eigenvalue weighted by Crippen LogP contribution is 2.49. The number of thiazole rings is 1. The number of β-amino-alcohol motifs (C(OH)–C–C–N with tert-alkyl or cyclic N) is 1. The summed E-state index contributed by atoms with van der Waals surface area (Å²) in [5.74, 6) is 0.132. The summed E-state index contributed by atoms with van der Waals surface area (Å²) in [6.07, 6.45) is 7.33. The maximum absolute atomic E-state index is 14.5. The maximum atomic E-state index is 14.5. The van der Waals surface area contributed by atoms with Gasteiger partial charge in [-0.1, -0.05) is 63.2 Å². The predicted molar refractivity (Wildman–Crippen MR) is 293 cm³/mol. The molecule has 18 heteroatoms. The lowest BCUT2D eigenvalue weighted by Gasteiger charge is -2.36. The van der Waals surface area contributed by atoms with E-state index >= 15 is 0 Å². The van der Waals surface area contributed by atoms with Crippen LogP contribution in [-0.2, 0) is 9.59 Å². The Balaban J connectivity index is 0.697. The van der Waals surface area contributed by atoms with E-state index in [0.29, 0.717) is 42.9 Å². The molecule has 6 aliphatic rings. The van der Waals surface area contributed by atoms with Crippen LogP contribution in [0.2, 0.25) is 0 Å². The number of aromatic nitrogens is 5. The number of ether oxygens (including phenoxy) is 2. The molecule has 2 amide bonds. The monoisotopic (exact) mass is 1060 g/mol. The first-order chi connectivity index (χ1) is 37.3. The molecule has 0 radical (unpaired) electrons. The Bertz CT molecular complexity index is 3410. The fraction of sp³-hybridized carbons (Fsp3) is 0.475. The molecule has 9 heterocycles. The van der Waals surface area contributed by atoms with Crippen molar-refractivity contribution in [2.45, 2.75) is 133 Å². The molecule has 77 heavy (non-hydrogen) atoms. The third-order valence-electron chi connectivity index (χ3n) is 17.7. The first-order valence-electron chi connectivity index (χ1n) is 27.5. The van der Waals surface area contributed by atoms with Gasteiger partial charge < -0.3 is 44.6 Å². The van der Waals surface area contributed by atoms with Crippen molar-refractivity contribution in [1.29, 1.82) is 0 Å². The third-order valence-corrected chi connectivity index (χ3v) is 18.7. The van der Waals surface area contributed by atoms with E-state index in [-0.39, 0.29) is 60.0 Å². The highest BCUT2D eigenvalue weighted by molar-refractivity contribution is 7.13. The fourth-order valence-corrected chi connectivity index (χ4v) is 14.7.